The van der Waals surface area contributed by atoms with Crippen molar-refractivity contribution < 1.29 is 44.2 Å². The van der Waals surface area contributed by atoms with E-state index >= 15 is 0 Å². The highest BCUT2D eigenvalue weighted by Gasteiger charge is 2.44. The molecule has 4 N–H and O–H groups in total. The number of carbonyl (C=O) groups is 1. The van der Waals surface area contributed by atoms with E-state index in [-0.39, 0.29) is 19.6 Å². The van der Waals surface area contributed by atoms with Crippen LogP contribution in [0.4, 0.5) is 0 Å². The van der Waals surface area contributed by atoms with E-state index in [4.69, 9.17) is 18.9 Å². The van der Waals surface area contributed by atoms with E-state index in [0.29, 0.717) is 13.0 Å². The van der Waals surface area contributed by atoms with Crippen LogP contribution in [-0.2, 0) is 23.7 Å². The summed E-state index contributed by atoms with van der Waals surface area (Å²) in [5.74, 6) is -0.450. The first kappa shape index (κ1) is 52.9. The minimum atomic E-state index is -1.56. The van der Waals surface area contributed by atoms with Gasteiger partial charge < -0.3 is 39.4 Å². The minimum absolute atomic E-state index is 0.0769. The van der Waals surface area contributed by atoms with Crippen LogP contribution in [0.3, 0.4) is 0 Å². The Morgan fingerprint density at radius 2 is 1.00 bits per heavy atom. The SMILES string of the molecule is CC/C=C\C/C=C\C/C=C\C/C=C\C/C=C\CC(=O)OC(COCCCCCCCCC/C=C\C/C=C\C/C=C\C/C=C\CC)COC1OC(CO)C(O)C(O)C1O. The van der Waals surface area contributed by atoms with Crippen LogP contribution in [0.2, 0.25) is 0 Å². The van der Waals surface area contributed by atoms with E-state index in [1.54, 1.807) is 6.08 Å². The third kappa shape index (κ3) is 30.0. The molecule has 9 nitrogen and oxygen atoms in total. The molecule has 6 atom stereocenters. The van der Waals surface area contributed by atoms with Gasteiger partial charge in [0.2, 0.25) is 0 Å². The zero-order valence-electron chi connectivity index (χ0n) is 35.7. The number of ether oxygens (including phenoxy) is 4. The van der Waals surface area contributed by atoms with Crippen molar-refractivity contribution in [3.8, 4) is 0 Å². The summed E-state index contributed by atoms with van der Waals surface area (Å²) in [6.45, 7) is 4.15. The van der Waals surface area contributed by atoms with Gasteiger partial charge in [0.05, 0.1) is 26.2 Å². The molecule has 0 bridgehead atoms. The lowest BCUT2D eigenvalue weighted by atomic mass is 9.99. The van der Waals surface area contributed by atoms with Crippen LogP contribution in [0.1, 0.15) is 129 Å². The molecule has 328 valence electrons. The number of allylic oxidation sites excluding steroid dienone is 17. The van der Waals surface area contributed by atoms with E-state index in [1.807, 2.05) is 6.08 Å². The Bertz CT molecular complexity index is 1240. The van der Waals surface area contributed by atoms with E-state index < -0.39 is 49.4 Å². The van der Waals surface area contributed by atoms with Crippen LogP contribution in [-0.4, -0.2) is 89.6 Å². The highest BCUT2D eigenvalue weighted by atomic mass is 16.7. The van der Waals surface area contributed by atoms with Crippen LogP contribution in [0.15, 0.2) is 109 Å². The number of aliphatic hydroxyl groups is 4. The quantitative estimate of drug-likeness (QED) is 0.0280. The molecule has 6 unspecified atom stereocenters. The summed E-state index contributed by atoms with van der Waals surface area (Å²) >= 11 is 0. The molecule has 1 heterocycles. The van der Waals surface area contributed by atoms with Crippen molar-refractivity contribution in [2.45, 2.75) is 166 Å². The molecule has 9 heteroatoms. The molecule has 0 aliphatic carbocycles. The molecule has 58 heavy (non-hydrogen) atoms. The minimum Gasteiger partial charge on any atom is -0.457 e. The molecule has 0 aromatic heterocycles. The van der Waals surface area contributed by atoms with Crippen LogP contribution >= 0.6 is 0 Å². The monoisotopic (exact) mass is 811 g/mol. The first-order valence-electron chi connectivity index (χ1n) is 22.0. The van der Waals surface area contributed by atoms with Crippen molar-refractivity contribution in [2.24, 2.45) is 0 Å². The maximum atomic E-state index is 12.7. The lowest BCUT2D eigenvalue weighted by Crippen LogP contribution is -2.59. The highest BCUT2D eigenvalue weighted by Crippen LogP contribution is 2.22. The van der Waals surface area contributed by atoms with Gasteiger partial charge in [0.15, 0.2) is 6.29 Å². The Kier molecular flexibility index (Phi) is 35.8. The highest BCUT2D eigenvalue weighted by molar-refractivity contribution is 5.71. The van der Waals surface area contributed by atoms with Crippen molar-refractivity contribution in [1.29, 1.82) is 0 Å². The van der Waals surface area contributed by atoms with Gasteiger partial charge in [-0.2, -0.15) is 0 Å². The van der Waals surface area contributed by atoms with Gasteiger partial charge in [0.1, 0.15) is 30.5 Å². The lowest BCUT2D eigenvalue weighted by Gasteiger charge is -2.39. The fraction of sp³-hybridized carbons (Fsp3) is 0.612. The second-order valence-corrected chi connectivity index (χ2v) is 14.4. The molecule has 0 spiro atoms. The average molecular weight is 811 g/mol. The Hall–Kier alpha value is -3.15. The summed E-state index contributed by atoms with van der Waals surface area (Å²) in [6.07, 6.45) is 48.5. The smallest absolute Gasteiger partial charge is 0.310 e. The predicted octanol–water partition coefficient (Wildman–Crippen LogP) is 9.80. The number of rotatable bonds is 35. The molecule has 1 saturated heterocycles. The van der Waals surface area contributed by atoms with Gasteiger partial charge >= 0.3 is 5.97 Å². The predicted molar refractivity (Wildman–Crippen MR) is 237 cm³/mol. The summed E-state index contributed by atoms with van der Waals surface area (Å²) in [5, 5.41) is 40.1. The number of carbonyl (C=O) groups excluding carboxylic acids is 1. The lowest BCUT2D eigenvalue weighted by molar-refractivity contribution is -0.305. The topological polar surface area (TPSA) is 135 Å². The molecule has 1 fully saturated rings. The summed E-state index contributed by atoms with van der Waals surface area (Å²) in [4.78, 5) is 12.7. The number of hydrogen-bond donors (Lipinski definition) is 4. The van der Waals surface area contributed by atoms with Gasteiger partial charge in [-0.1, -0.05) is 155 Å². The van der Waals surface area contributed by atoms with Crippen LogP contribution in [0.5, 0.6) is 0 Å². The summed E-state index contributed by atoms with van der Waals surface area (Å²) < 4.78 is 22.6. The van der Waals surface area contributed by atoms with E-state index in [9.17, 15) is 25.2 Å². The second kappa shape index (κ2) is 39.3. The number of esters is 1. The van der Waals surface area contributed by atoms with Crippen LogP contribution in [0.25, 0.3) is 0 Å². The first-order chi connectivity index (χ1) is 28.4. The zero-order valence-corrected chi connectivity index (χ0v) is 35.7. The normalized spacial score (nSPS) is 21.4. The van der Waals surface area contributed by atoms with Gasteiger partial charge in [-0.05, 0) is 77.0 Å². The van der Waals surface area contributed by atoms with E-state index in [1.165, 1.54) is 25.7 Å². The molecule has 1 aliphatic rings. The Morgan fingerprint density at radius 3 is 1.50 bits per heavy atom. The Morgan fingerprint density at radius 1 is 0.552 bits per heavy atom. The third-order valence-electron chi connectivity index (χ3n) is 9.22. The van der Waals surface area contributed by atoms with Crippen molar-refractivity contribution >= 4 is 5.97 Å². The molecule has 0 saturated carbocycles. The van der Waals surface area contributed by atoms with Crippen LogP contribution < -0.4 is 0 Å². The molecular weight excluding hydrogens is 733 g/mol. The van der Waals surface area contributed by atoms with E-state index in [0.717, 1.165) is 77.0 Å². The average Bonchev–Trinajstić information content (AvgIpc) is 3.22. The largest absolute Gasteiger partial charge is 0.457 e. The molecule has 0 radical (unpaired) electrons. The molecular formula is C49H78O9. The number of hydrogen-bond acceptors (Lipinski definition) is 9. The van der Waals surface area contributed by atoms with E-state index in [2.05, 4.69) is 111 Å². The fourth-order valence-electron chi connectivity index (χ4n) is 5.85. The Labute approximate surface area is 351 Å². The molecule has 0 aromatic carbocycles. The maximum Gasteiger partial charge on any atom is 0.310 e. The van der Waals surface area contributed by atoms with Crippen molar-refractivity contribution in [1.82, 2.24) is 0 Å². The maximum absolute atomic E-state index is 12.7. The molecule has 1 aliphatic heterocycles. The van der Waals surface area contributed by atoms with Crippen molar-refractivity contribution in [2.75, 3.05) is 26.4 Å². The standard InChI is InChI=1S/C49H78O9/c1-3-5-7-9-11-13-15-17-19-20-21-22-23-25-27-29-31-33-35-37-39-55-41-43(42-56-49-48(54)47(53)46(52)44(40-50)58-49)57-45(51)38-36-34-32-30-28-26-24-18-16-14-12-10-8-6-4-2/h5-8,11-14,17-19,21-22,24,28,30,34,36,43-44,46-50,52-54H,3-4,9-10,15-16,20,23,25-27,29,31-33,35,37-42H2,1-2H3/b7-5-,8-6-,13-11-,14-12-,19-17-,22-21-,24-18-,30-28-,36-34-. The first-order valence-corrected chi connectivity index (χ1v) is 22.0. The summed E-state index contributed by atoms with van der Waals surface area (Å²) in [5.41, 5.74) is 0. The van der Waals surface area contributed by atoms with Crippen molar-refractivity contribution in [3.63, 3.8) is 0 Å². The van der Waals surface area contributed by atoms with Gasteiger partial charge in [0.25, 0.3) is 0 Å². The van der Waals surface area contributed by atoms with Gasteiger partial charge in [0, 0.05) is 6.61 Å². The number of aliphatic hydroxyl groups excluding tert-OH is 4. The third-order valence-corrected chi connectivity index (χ3v) is 9.22. The molecule has 0 aromatic rings. The van der Waals surface area contributed by atoms with Gasteiger partial charge in [-0.3, -0.25) is 4.79 Å². The van der Waals surface area contributed by atoms with Gasteiger partial charge in [-0.25, -0.2) is 0 Å². The summed E-state index contributed by atoms with van der Waals surface area (Å²) in [6, 6.07) is 0. The van der Waals surface area contributed by atoms with Gasteiger partial charge in [-0.15, -0.1) is 0 Å². The second-order valence-electron chi connectivity index (χ2n) is 14.4. The molecule has 0 amide bonds. The van der Waals surface area contributed by atoms with Crippen LogP contribution in [0, 0.1) is 0 Å². The fourth-order valence-corrected chi connectivity index (χ4v) is 5.85. The Balaban J connectivity index is 2.34. The van der Waals surface area contributed by atoms with Crippen molar-refractivity contribution in [3.05, 3.63) is 109 Å². The summed E-state index contributed by atoms with van der Waals surface area (Å²) in [7, 11) is 0. The molecule has 1 rings (SSSR count). The number of unbranched alkanes of at least 4 members (excludes halogenated alkanes) is 7. The zero-order chi connectivity index (χ0) is 42.2.